The quantitative estimate of drug-likeness (QED) is 0.841. The molecule has 4 nitrogen and oxygen atoms in total. The topological polar surface area (TPSA) is 30.0 Å². The van der Waals surface area contributed by atoms with E-state index in [0.717, 1.165) is 39.1 Å². The van der Waals surface area contributed by atoms with Crippen LogP contribution in [-0.2, 0) is 0 Å². The largest absolute Gasteiger partial charge is 0.391 e. The van der Waals surface area contributed by atoms with Gasteiger partial charge in [0.1, 0.15) is 0 Å². The summed E-state index contributed by atoms with van der Waals surface area (Å²) >= 11 is 0. The number of hydrogen-bond donors (Lipinski definition) is 1. The third kappa shape index (κ3) is 4.99. The molecule has 0 bridgehead atoms. The molecule has 0 aromatic rings. The number of hydrogen-bond acceptors (Lipinski definition) is 4. The summed E-state index contributed by atoms with van der Waals surface area (Å²) < 4.78 is 0. The van der Waals surface area contributed by atoms with Gasteiger partial charge in [-0.25, -0.2) is 0 Å². The highest BCUT2D eigenvalue weighted by Crippen LogP contribution is 2.23. The van der Waals surface area contributed by atoms with Crippen molar-refractivity contribution in [1.29, 1.82) is 0 Å². The maximum absolute atomic E-state index is 10.4. The maximum atomic E-state index is 10.4. The van der Waals surface area contributed by atoms with Crippen molar-refractivity contribution in [2.24, 2.45) is 0 Å². The highest BCUT2D eigenvalue weighted by Gasteiger charge is 2.29. The van der Waals surface area contributed by atoms with Gasteiger partial charge in [0.2, 0.25) is 0 Å². The number of likely N-dealkylation sites (N-methyl/N-ethyl adjacent to an activating group) is 1. The Balaban J connectivity index is 1.76. The zero-order valence-corrected chi connectivity index (χ0v) is 13.4. The van der Waals surface area contributed by atoms with Crippen molar-refractivity contribution >= 4 is 0 Å². The molecule has 2 rings (SSSR count). The fraction of sp³-hybridized carbons (Fsp3) is 1.00. The van der Waals surface area contributed by atoms with Gasteiger partial charge in [0, 0.05) is 45.3 Å². The van der Waals surface area contributed by atoms with Crippen LogP contribution in [0.1, 0.15) is 38.5 Å². The molecule has 2 unspecified atom stereocenters. The van der Waals surface area contributed by atoms with Gasteiger partial charge in [-0.1, -0.05) is 25.7 Å². The van der Waals surface area contributed by atoms with Crippen LogP contribution in [0.25, 0.3) is 0 Å². The van der Waals surface area contributed by atoms with E-state index in [0.29, 0.717) is 6.04 Å². The Morgan fingerprint density at radius 2 is 1.60 bits per heavy atom. The third-order valence-corrected chi connectivity index (χ3v) is 4.93. The molecule has 1 heterocycles. The highest BCUT2D eigenvalue weighted by atomic mass is 16.3. The first-order valence-electron chi connectivity index (χ1n) is 8.46. The Hall–Kier alpha value is -0.160. The maximum Gasteiger partial charge on any atom is 0.0695 e. The Morgan fingerprint density at radius 3 is 2.25 bits per heavy atom. The number of rotatable bonds is 4. The summed E-state index contributed by atoms with van der Waals surface area (Å²) in [6.45, 7) is 6.92. The van der Waals surface area contributed by atoms with Crippen molar-refractivity contribution < 1.29 is 5.11 Å². The monoisotopic (exact) mass is 283 g/mol. The lowest BCUT2D eigenvalue weighted by Crippen LogP contribution is -2.54. The Morgan fingerprint density at radius 1 is 0.950 bits per heavy atom. The van der Waals surface area contributed by atoms with Crippen molar-refractivity contribution in [2.75, 3.05) is 53.4 Å². The summed E-state index contributed by atoms with van der Waals surface area (Å²) in [6, 6.07) is 0.422. The standard InChI is InChI=1S/C16H33N3O/c1-17(2)9-10-18-11-13-19(14-12-18)15-7-5-3-4-6-8-16(15)20/h15-16,20H,3-14H2,1-2H3. The molecule has 20 heavy (non-hydrogen) atoms. The van der Waals surface area contributed by atoms with Gasteiger partial charge in [-0.2, -0.15) is 0 Å². The first-order valence-corrected chi connectivity index (χ1v) is 8.46. The van der Waals surface area contributed by atoms with E-state index in [2.05, 4.69) is 28.8 Å². The van der Waals surface area contributed by atoms with Gasteiger partial charge in [0.25, 0.3) is 0 Å². The van der Waals surface area contributed by atoms with E-state index in [4.69, 9.17) is 0 Å². The molecule has 0 aromatic carbocycles. The van der Waals surface area contributed by atoms with Gasteiger partial charge < -0.3 is 10.0 Å². The molecule has 1 saturated carbocycles. The molecule has 0 radical (unpaired) electrons. The first kappa shape index (κ1) is 16.2. The molecule has 1 aliphatic heterocycles. The SMILES string of the molecule is CN(C)CCN1CCN(C2CCCCCCC2O)CC1. The van der Waals surface area contributed by atoms with Crippen LogP contribution in [0.15, 0.2) is 0 Å². The Bertz CT molecular complexity index is 264. The first-order chi connectivity index (χ1) is 9.66. The third-order valence-electron chi connectivity index (χ3n) is 4.93. The second kappa shape index (κ2) is 8.32. The van der Waals surface area contributed by atoms with Gasteiger partial charge in [0.05, 0.1) is 6.10 Å². The molecule has 1 aliphatic carbocycles. The van der Waals surface area contributed by atoms with Crippen LogP contribution in [0.5, 0.6) is 0 Å². The predicted octanol–water partition coefficient (Wildman–Crippen LogP) is 1.25. The minimum Gasteiger partial charge on any atom is -0.391 e. The molecule has 4 heteroatoms. The summed E-state index contributed by atoms with van der Waals surface area (Å²) in [5, 5.41) is 10.4. The van der Waals surface area contributed by atoms with E-state index in [1.54, 1.807) is 0 Å². The second-order valence-corrected chi connectivity index (χ2v) is 6.81. The zero-order valence-electron chi connectivity index (χ0n) is 13.4. The van der Waals surface area contributed by atoms with Crippen LogP contribution in [0.3, 0.4) is 0 Å². The van der Waals surface area contributed by atoms with Gasteiger partial charge in [0.15, 0.2) is 0 Å². The van der Waals surface area contributed by atoms with Gasteiger partial charge in [-0.15, -0.1) is 0 Å². The number of nitrogens with zero attached hydrogens (tertiary/aromatic N) is 3. The van der Waals surface area contributed by atoms with Gasteiger partial charge in [-0.05, 0) is 26.9 Å². The molecule has 0 aromatic heterocycles. The van der Waals surface area contributed by atoms with Crippen LogP contribution < -0.4 is 0 Å². The summed E-state index contributed by atoms with van der Waals surface area (Å²) in [7, 11) is 4.28. The smallest absolute Gasteiger partial charge is 0.0695 e. The molecule has 0 spiro atoms. The molecule has 2 atom stereocenters. The lowest BCUT2D eigenvalue weighted by Gasteiger charge is -2.42. The molecule has 1 N–H and O–H groups in total. The Kier molecular flexibility index (Phi) is 6.75. The van der Waals surface area contributed by atoms with E-state index in [9.17, 15) is 5.11 Å². The fourth-order valence-corrected chi connectivity index (χ4v) is 3.53. The van der Waals surface area contributed by atoms with Gasteiger partial charge in [-0.3, -0.25) is 9.80 Å². The molecule has 2 fully saturated rings. The number of aliphatic hydroxyl groups excluding tert-OH is 1. The van der Waals surface area contributed by atoms with E-state index >= 15 is 0 Å². The van der Waals surface area contributed by atoms with Crippen molar-refractivity contribution in [2.45, 2.75) is 50.7 Å². The molecular formula is C16H33N3O. The molecule has 1 saturated heterocycles. The molecule has 2 aliphatic rings. The van der Waals surface area contributed by atoms with Crippen LogP contribution in [-0.4, -0.2) is 85.3 Å². The lowest BCUT2D eigenvalue weighted by atomic mass is 9.93. The van der Waals surface area contributed by atoms with E-state index in [-0.39, 0.29) is 6.10 Å². The zero-order chi connectivity index (χ0) is 14.4. The van der Waals surface area contributed by atoms with Crippen molar-refractivity contribution in [3.63, 3.8) is 0 Å². The van der Waals surface area contributed by atoms with E-state index in [1.807, 2.05) is 0 Å². The van der Waals surface area contributed by atoms with Gasteiger partial charge >= 0.3 is 0 Å². The van der Waals surface area contributed by atoms with E-state index in [1.165, 1.54) is 38.6 Å². The average molecular weight is 283 g/mol. The lowest BCUT2D eigenvalue weighted by molar-refractivity contribution is 0.00498. The molecule has 0 amide bonds. The van der Waals surface area contributed by atoms with Crippen LogP contribution in [0, 0.1) is 0 Å². The summed E-state index contributed by atoms with van der Waals surface area (Å²) in [4.78, 5) is 7.37. The molecular weight excluding hydrogens is 250 g/mol. The summed E-state index contributed by atoms with van der Waals surface area (Å²) in [5.41, 5.74) is 0. The predicted molar refractivity (Wildman–Crippen MR) is 84.1 cm³/mol. The number of aliphatic hydroxyl groups is 1. The molecule has 118 valence electrons. The average Bonchev–Trinajstić information content (AvgIpc) is 2.42. The Labute approximate surface area is 124 Å². The fourth-order valence-electron chi connectivity index (χ4n) is 3.53. The van der Waals surface area contributed by atoms with Crippen LogP contribution >= 0.6 is 0 Å². The van der Waals surface area contributed by atoms with E-state index < -0.39 is 0 Å². The minimum atomic E-state index is -0.0939. The highest BCUT2D eigenvalue weighted by molar-refractivity contribution is 4.84. The summed E-state index contributed by atoms with van der Waals surface area (Å²) in [5.74, 6) is 0. The van der Waals surface area contributed by atoms with Crippen molar-refractivity contribution in [3.05, 3.63) is 0 Å². The summed E-state index contributed by atoms with van der Waals surface area (Å²) in [6.07, 6.45) is 7.27. The number of piperazine rings is 1. The normalized spacial score (nSPS) is 31.2. The second-order valence-electron chi connectivity index (χ2n) is 6.81. The van der Waals surface area contributed by atoms with Crippen molar-refractivity contribution in [3.8, 4) is 0 Å². The minimum absolute atomic E-state index is 0.0939. The van der Waals surface area contributed by atoms with Crippen LogP contribution in [0.2, 0.25) is 0 Å². The van der Waals surface area contributed by atoms with Crippen LogP contribution in [0.4, 0.5) is 0 Å². The van der Waals surface area contributed by atoms with Crippen molar-refractivity contribution in [1.82, 2.24) is 14.7 Å².